The van der Waals surface area contributed by atoms with Gasteiger partial charge in [-0.3, -0.25) is 14.1 Å². The number of morpholine rings is 1. The monoisotopic (exact) mass is 437 g/mol. The number of pyridine rings is 1. The average molecular weight is 438 g/mol. The molecule has 0 bridgehead atoms. The molecule has 0 spiro atoms. The fourth-order valence-corrected chi connectivity index (χ4v) is 3.98. The van der Waals surface area contributed by atoms with E-state index in [0.717, 1.165) is 63.0 Å². The number of benzene rings is 1. The van der Waals surface area contributed by atoms with E-state index in [4.69, 9.17) is 14.5 Å². The number of carbonyl (C=O) groups excluding carboxylic acids is 1. The third-order valence-corrected chi connectivity index (χ3v) is 5.80. The summed E-state index contributed by atoms with van der Waals surface area (Å²) >= 11 is 0. The van der Waals surface area contributed by atoms with Gasteiger partial charge in [0.05, 0.1) is 31.6 Å². The second-order valence-corrected chi connectivity index (χ2v) is 7.94. The minimum atomic E-state index is -0.172. The number of amides is 1. The Morgan fingerprint density at radius 1 is 1.25 bits per heavy atom. The lowest BCUT2D eigenvalue weighted by molar-refractivity contribution is 0.0392. The zero-order valence-corrected chi connectivity index (χ0v) is 19.0. The molecule has 0 unspecified atom stereocenters. The van der Waals surface area contributed by atoms with E-state index in [1.807, 2.05) is 40.9 Å². The van der Waals surface area contributed by atoms with E-state index in [-0.39, 0.29) is 5.91 Å². The molecule has 8 nitrogen and oxygen atoms in total. The standard InChI is InChI=1S/C24H31N5O3/c1-4-21-24(27(2)10-11-28-12-14-32-15-13-28)29-17-18(8-9-22(29)26-21)23(30)25-19-6-5-7-20(16-19)31-3/h5-9,16-17H,4,10-15H2,1-3H3,(H,25,30). The van der Waals surface area contributed by atoms with Gasteiger partial charge in [0.15, 0.2) is 0 Å². The van der Waals surface area contributed by atoms with Crippen molar-refractivity contribution in [2.24, 2.45) is 0 Å². The molecule has 1 aliphatic rings. The van der Waals surface area contributed by atoms with Crippen LogP contribution < -0.4 is 15.0 Å². The lowest BCUT2D eigenvalue weighted by Crippen LogP contribution is -2.41. The summed E-state index contributed by atoms with van der Waals surface area (Å²) in [5, 5.41) is 2.95. The van der Waals surface area contributed by atoms with Crippen molar-refractivity contribution in [3.63, 3.8) is 0 Å². The first-order valence-electron chi connectivity index (χ1n) is 11.1. The highest BCUT2D eigenvalue weighted by Gasteiger charge is 2.18. The van der Waals surface area contributed by atoms with Gasteiger partial charge in [-0.1, -0.05) is 13.0 Å². The van der Waals surface area contributed by atoms with Crippen molar-refractivity contribution in [1.29, 1.82) is 0 Å². The van der Waals surface area contributed by atoms with Crippen molar-refractivity contribution in [2.75, 3.05) is 63.8 Å². The molecule has 3 aromatic rings. The summed E-state index contributed by atoms with van der Waals surface area (Å²) in [7, 11) is 3.70. The Morgan fingerprint density at radius 2 is 2.06 bits per heavy atom. The Kier molecular flexibility index (Phi) is 6.92. The minimum absolute atomic E-state index is 0.172. The van der Waals surface area contributed by atoms with Crippen LogP contribution in [0.15, 0.2) is 42.6 Å². The van der Waals surface area contributed by atoms with Gasteiger partial charge in [0, 0.05) is 51.2 Å². The number of hydrogen-bond donors (Lipinski definition) is 1. The second kappa shape index (κ2) is 10.0. The Hall–Kier alpha value is -3.10. The molecule has 0 atom stereocenters. The summed E-state index contributed by atoms with van der Waals surface area (Å²) in [6, 6.07) is 11.1. The van der Waals surface area contributed by atoms with E-state index in [2.05, 4.69) is 29.1 Å². The summed E-state index contributed by atoms with van der Waals surface area (Å²) in [4.78, 5) is 22.4. The van der Waals surface area contributed by atoms with Gasteiger partial charge >= 0.3 is 0 Å². The number of hydrogen-bond acceptors (Lipinski definition) is 6. The Morgan fingerprint density at radius 3 is 2.81 bits per heavy atom. The molecule has 3 heterocycles. The summed E-state index contributed by atoms with van der Waals surface area (Å²) in [6.45, 7) is 7.48. The SMILES string of the molecule is CCc1nc2ccc(C(=O)Nc3cccc(OC)c3)cn2c1N(C)CCN1CCOCC1. The lowest BCUT2D eigenvalue weighted by atomic mass is 10.2. The first-order chi connectivity index (χ1) is 15.6. The Balaban J connectivity index is 1.55. The van der Waals surface area contributed by atoms with Crippen LogP contribution in [0.1, 0.15) is 23.0 Å². The molecular weight excluding hydrogens is 406 g/mol. The number of aryl methyl sites for hydroxylation is 1. The fourth-order valence-electron chi connectivity index (χ4n) is 3.98. The maximum atomic E-state index is 12.9. The molecule has 1 N–H and O–H groups in total. The van der Waals surface area contributed by atoms with Crippen molar-refractivity contribution in [3.8, 4) is 5.75 Å². The number of carbonyl (C=O) groups is 1. The molecule has 32 heavy (non-hydrogen) atoms. The van der Waals surface area contributed by atoms with E-state index in [9.17, 15) is 4.79 Å². The average Bonchev–Trinajstić information content (AvgIpc) is 3.21. The summed E-state index contributed by atoms with van der Waals surface area (Å²) in [5.41, 5.74) is 3.13. The van der Waals surface area contributed by atoms with Crippen molar-refractivity contribution in [3.05, 3.63) is 53.9 Å². The molecule has 0 aliphatic carbocycles. The highest BCUT2D eigenvalue weighted by atomic mass is 16.5. The Labute approximate surface area is 188 Å². The van der Waals surface area contributed by atoms with E-state index in [1.54, 1.807) is 13.2 Å². The van der Waals surface area contributed by atoms with Crippen LogP contribution in [0.2, 0.25) is 0 Å². The number of anilines is 2. The molecule has 1 aliphatic heterocycles. The lowest BCUT2D eigenvalue weighted by Gasteiger charge is -2.29. The number of methoxy groups -OCH3 is 1. The molecule has 1 amide bonds. The largest absolute Gasteiger partial charge is 0.497 e. The number of fused-ring (bicyclic) bond motifs is 1. The molecule has 0 radical (unpaired) electrons. The molecule has 0 saturated carbocycles. The van der Waals surface area contributed by atoms with Crippen LogP contribution in [0.25, 0.3) is 5.65 Å². The zero-order chi connectivity index (χ0) is 22.5. The van der Waals surface area contributed by atoms with Crippen LogP contribution in [0.4, 0.5) is 11.5 Å². The van der Waals surface area contributed by atoms with Crippen LogP contribution >= 0.6 is 0 Å². The van der Waals surface area contributed by atoms with E-state index in [1.165, 1.54) is 0 Å². The van der Waals surface area contributed by atoms with Gasteiger partial charge in [-0.05, 0) is 30.7 Å². The summed E-state index contributed by atoms with van der Waals surface area (Å²) in [5.74, 6) is 1.56. The van der Waals surface area contributed by atoms with Crippen LogP contribution in [0.5, 0.6) is 5.75 Å². The highest BCUT2D eigenvalue weighted by molar-refractivity contribution is 6.04. The number of ether oxygens (including phenoxy) is 2. The fraction of sp³-hybridized carbons (Fsp3) is 0.417. The first kappa shape index (κ1) is 22.1. The molecule has 2 aromatic heterocycles. The third-order valence-electron chi connectivity index (χ3n) is 5.80. The van der Waals surface area contributed by atoms with Gasteiger partial charge in [0.25, 0.3) is 5.91 Å². The molecule has 170 valence electrons. The van der Waals surface area contributed by atoms with Crippen LogP contribution in [0.3, 0.4) is 0 Å². The van der Waals surface area contributed by atoms with E-state index >= 15 is 0 Å². The summed E-state index contributed by atoms with van der Waals surface area (Å²) in [6.07, 6.45) is 2.70. The van der Waals surface area contributed by atoms with E-state index in [0.29, 0.717) is 17.0 Å². The number of nitrogens with one attached hydrogen (secondary N) is 1. The van der Waals surface area contributed by atoms with Gasteiger partial charge in [-0.25, -0.2) is 4.98 Å². The van der Waals surface area contributed by atoms with Crippen LogP contribution in [-0.2, 0) is 11.2 Å². The predicted molar refractivity (Wildman–Crippen MR) is 126 cm³/mol. The van der Waals surface area contributed by atoms with Crippen LogP contribution in [0, 0.1) is 0 Å². The smallest absolute Gasteiger partial charge is 0.257 e. The highest BCUT2D eigenvalue weighted by Crippen LogP contribution is 2.24. The minimum Gasteiger partial charge on any atom is -0.497 e. The number of nitrogens with zero attached hydrogens (tertiary/aromatic N) is 4. The van der Waals surface area contributed by atoms with Gasteiger partial charge in [-0.15, -0.1) is 0 Å². The zero-order valence-electron chi connectivity index (χ0n) is 19.0. The molecule has 1 saturated heterocycles. The van der Waals surface area contributed by atoms with Crippen molar-refractivity contribution in [1.82, 2.24) is 14.3 Å². The quantitative estimate of drug-likeness (QED) is 0.584. The summed E-state index contributed by atoms with van der Waals surface area (Å²) < 4.78 is 12.7. The van der Waals surface area contributed by atoms with Gasteiger partial charge in [-0.2, -0.15) is 0 Å². The number of aromatic nitrogens is 2. The van der Waals surface area contributed by atoms with Crippen molar-refractivity contribution < 1.29 is 14.3 Å². The third kappa shape index (κ3) is 4.87. The van der Waals surface area contributed by atoms with Crippen molar-refractivity contribution >= 4 is 23.1 Å². The predicted octanol–water partition coefficient (Wildman–Crippen LogP) is 2.93. The number of likely N-dealkylation sites (N-methyl/N-ethyl adjacent to an activating group) is 1. The van der Waals surface area contributed by atoms with E-state index < -0.39 is 0 Å². The maximum Gasteiger partial charge on any atom is 0.257 e. The molecule has 8 heteroatoms. The molecule has 4 rings (SSSR count). The second-order valence-electron chi connectivity index (χ2n) is 7.94. The van der Waals surface area contributed by atoms with Gasteiger partial charge in [0.2, 0.25) is 0 Å². The van der Waals surface area contributed by atoms with Crippen LogP contribution in [-0.4, -0.2) is 73.7 Å². The molecule has 1 fully saturated rings. The topological polar surface area (TPSA) is 71.3 Å². The molecule has 1 aromatic carbocycles. The first-order valence-corrected chi connectivity index (χ1v) is 11.1. The van der Waals surface area contributed by atoms with Crippen molar-refractivity contribution in [2.45, 2.75) is 13.3 Å². The number of imidazole rings is 1. The number of rotatable bonds is 8. The maximum absolute atomic E-state index is 12.9. The normalized spacial score (nSPS) is 14.5. The molecular formula is C24H31N5O3. The van der Waals surface area contributed by atoms with Gasteiger partial charge in [0.1, 0.15) is 17.2 Å². The van der Waals surface area contributed by atoms with Gasteiger partial charge < -0.3 is 19.7 Å². The Bertz CT molecular complexity index is 1070.